The van der Waals surface area contributed by atoms with Crippen LogP contribution in [0.15, 0.2) is 0 Å². The van der Waals surface area contributed by atoms with Gasteiger partial charge in [-0.15, -0.1) is 0 Å². The molecule has 1 rings (SSSR count). The summed E-state index contributed by atoms with van der Waals surface area (Å²) in [5.41, 5.74) is 1.17. The summed E-state index contributed by atoms with van der Waals surface area (Å²) in [7, 11) is 0. The average Bonchev–Trinajstić information content (AvgIpc) is 2.25. The van der Waals surface area contributed by atoms with Gasteiger partial charge in [0.2, 0.25) is 0 Å². The predicted octanol–water partition coefficient (Wildman–Crippen LogP) is 4.25. The van der Waals surface area contributed by atoms with Crippen LogP contribution in [0.25, 0.3) is 0 Å². The second kappa shape index (κ2) is 3.05. The van der Waals surface area contributed by atoms with E-state index < -0.39 is 0 Å². The van der Waals surface area contributed by atoms with Gasteiger partial charge in [-0.05, 0) is 29.6 Å². The third-order valence-corrected chi connectivity index (χ3v) is 4.89. The summed E-state index contributed by atoms with van der Waals surface area (Å²) in [6.45, 7) is 12.1. The fourth-order valence-electron chi connectivity index (χ4n) is 3.02. The summed E-state index contributed by atoms with van der Waals surface area (Å²) in [4.78, 5) is 0. The molecule has 0 amide bonds. The van der Waals surface area contributed by atoms with Crippen molar-refractivity contribution in [2.24, 2.45) is 16.7 Å². The van der Waals surface area contributed by atoms with Crippen molar-refractivity contribution < 1.29 is 0 Å². The third-order valence-electron chi connectivity index (χ3n) is 4.89. The van der Waals surface area contributed by atoms with Gasteiger partial charge in [0.25, 0.3) is 0 Å². The first-order chi connectivity index (χ1) is 5.48. The molecule has 1 aliphatic rings. The third kappa shape index (κ3) is 1.20. The number of rotatable bonds is 2. The largest absolute Gasteiger partial charge is 0.0651 e. The summed E-state index contributed by atoms with van der Waals surface area (Å²) in [5, 5.41) is 0. The van der Waals surface area contributed by atoms with Crippen LogP contribution in [0.2, 0.25) is 0 Å². The van der Waals surface area contributed by atoms with Gasteiger partial charge < -0.3 is 0 Å². The van der Waals surface area contributed by atoms with E-state index >= 15 is 0 Å². The molecule has 1 aliphatic carbocycles. The van der Waals surface area contributed by atoms with Crippen LogP contribution in [-0.2, 0) is 0 Å². The SMILES string of the molecule is CCC1CCC(C)(CC)C1(C)C. The Morgan fingerprint density at radius 3 is 2.00 bits per heavy atom. The molecule has 2 atom stereocenters. The molecular weight excluding hydrogens is 144 g/mol. The van der Waals surface area contributed by atoms with Crippen LogP contribution in [-0.4, -0.2) is 0 Å². The molecule has 72 valence electrons. The average molecular weight is 168 g/mol. The maximum absolute atomic E-state index is 2.47. The molecular formula is C12H24. The topological polar surface area (TPSA) is 0 Å². The van der Waals surface area contributed by atoms with Gasteiger partial charge in [-0.2, -0.15) is 0 Å². The number of hydrogen-bond donors (Lipinski definition) is 0. The quantitative estimate of drug-likeness (QED) is 0.578. The highest BCUT2D eigenvalue weighted by molar-refractivity contribution is 4.98. The molecule has 1 fully saturated rings. The van der Waals surface area contributed by atoms with Gasteiger partial charge in [0, 0.05) is 0 Å². The van der Waals surface area contributed by atoms with E-state index in [0.29, 0.717) is 10.8 Å². The monoisotopic (exact) mass is 168 g/mol. The molecule has 0 saturated heterocycles. The Bertz CT molecular complexity index is 157. The Balaban J connectivity index is 2.84. The van der Waals surface area contributed by atoms with E-state index in [-0.39, 0.29) is 0 Å². The zero-order valence-corrected chi connectivity index (χ0v) is 9.41. The highest BCUT2D eigenvalue weighted by Crippen LogP contribution is 2.58. The van der Waals surface area contributed by atoms with Gasteiger partial charge in [0.1, 0.15) is 0 Å². The molecule has 0 N–H and O–H groups in total. The van der Waals surface area contributed by atoms with Gasteiger partial charge in [-0.3, -0.25) is 0 Å². The molecule has 2 unspecified atom stereocenters. The van der Waals surface area contributed by atoms with Crippen molar-refractivity contribution in [3.05, 3.63) is 0 Å². The van der Waals surface area contributed by atoms with E-state index in [1.54, 1.807) is 0 Å². The van der Waals surface area contributed by atoms with Crippen LogP contribution in [0.5, 0.6) is 0 Å². The maximum Gasteiger partial charge on any atom is -0.0272 e. The van der Waals surface area contributed by atoms with Crippen molar-refractivity contribution in [3.8, 4) is 0 Å². The summed E-state index contributed by atoms with van der Waals surface area (Å²) >= 11 is 0. The van der Waals surface area contributed by atoms with E-state index in [0.717, 1.165) is 5.92 Å². The van der Waals surface area contributed by atoms with Crippen LogP contribution in [0.3, 0.4) is 0 Å². The highest BCUT2D eigenvalue weighted by atomic mass is 14.5. The van der Waals surface area contributed by atoms with E-state index in [1.807, 2.05) is 0 Å². The molecule has 1 saturated carbocycles. The highest BCUT2D eigenvalue weighted by Gasteiger charge is 2.48. The summed E-state index contributed by atoms with van der Waals surface area (Å²) in [5.74, 6) is 0.961. The molecule has 0 aromatic rings. The lowest BCUT2D eigenvalue weighted by atomic mass is 9.64. The Kier molecular flexibility index (Phi) is 2.56. The minimum absolute atomic E-state index is 0.566. The molecule has 0 heteroatoms. The molecule has 0 heterocycles. The normalized spacial score (nSPS) is 40.2. The molecule has 0 aromatic carbocycles. The van der Waals surface area contributed by atoms with Crippen molar-refractivity contribution in [3.63, 3.8) is 0 Å². The fraction of sp³-hybridized carbons (Fsp3) is 1.00. The fourth-order valence-corrected chi connectivity index (χ4v) is 3.02. The van der Waals surface area contributed by atoms with Gasteiger partial charge in [-0.25, -0.2) is 0 Å². The van der Waals surface area contributed by atoms with Crippen molar-refractivity contribution >= 4 is 0 Å². The lowest BCUT2D eigenvalue weighted by Crippen LogP contribution is -2.33. The van der Waals surface area contributed by atoms with Crippen LogP contribution in [0.4, 0.5) is 0 Å². The minimum Gasteiger partial charge on any atom is -0.0651 e. The molecule has 0 spiro atoms. The maximum atomic E-state index is 2.47. The van der Waals surface area contributed by atoms with E-state index in [2.05, 4.69) is 34.6 Å². The van der Waals surface area contributed by atoms with Crippen LogP contribution in [0.1, 0.15) is 60.3 Å². The minimum atomic E-state index is 0.566. The van der Waals surface area contributed by atoms with Crippen molar-refractivity contribution in [1.29, 1.82) is 0 Å². The van der Waals surface area contributed by atoms with Gasteiger partial charge in [-0.1, -0.05) is 47.5 Å². The summed E-state index contributed by atoms with van der Waals surface area (Å²) in [6, 6.07) is 0. The van der Waals surface area contributed by atoms with E-state index in [9.17, 15) is 0 Å². The lowest BCUT2D eigenvalue weighted by Gasteiger charge is -2.41. The molecule has 0 aliphatic heterocycles. The smallest absolute Gasteiger partial charge is 0.0272 e. The Hall–Kier alpha value is 0. The second-order valence-corrected chi connectivity index (χ2v) is 5.28. The molecule has 0 radical (unpaired) electrons. The first-order valence-electron chi connectivity index (χ1n) is 5.48. The predicted molar refractivity (Wildman–Crippen MR) is 55.2 cm³/mol. The zero-order valence-electron chi connectivity index (χ0n) is 9.41. The van der Waals surface area contributed by atoms with Gasteiger partial charge >= 0.3 is 0 Å². The zero-order chi connectivity index (χ0) is 9.41. The van der Waals surface area contributed by atoms with E-state index in [4.69, 9.17) is 0 Å². The summed E-state index contributed by atoms with van der Waals surface area (Å²) < 4.78 is 0. The van der Waals surface area contributed by atoms with E-state index in [1.165, 1.54) is 25.7 Å². The van der Waals surface area contributed by atoms with Crippen molar-refractivity contribution in [1.82, 2.24) is 0 Å². The van der Waals surface area contributed by atoms with Crippen molar-refractivity contribution in [2.75, 3.05) is 0 Å². The Labute approximate surface area is 77.7 Å². The Morgan fingerprint density at radius 1 is 1.17 bits per heavy atom. The van der Waals surface area contributed by atoms with Gasteiger partial charge in [0.15, 0.2) is 0 Å². The summed E-state index contributed by atoms with van der Waals surface area (Å²) in [6.07, 6.45) is 5.60. The van der Waals surface area contributed by atoms with Crippen LogP contribution < -0.4 is 0 Å². The van der Waals surface area contributed by atoms with Crippen LogP contribution in [0, 0.1) is 16.7 Å². The van der Waals surface area contributed by atoms with Gasteiger partial charge in [0.05, 0.1) is 0 Å². The molecule has 12 heavy (non-hydrogen) atoms. The lowest BCUT2D eigenvalue weighted by molar-refractivity contribution is 0.0824. The van der Waals surface area contributed by atoms with Crippen LogP contribution >= 0.6 is 0 Å². The second-order valence-electron chi connectivity index (χ2n) is 5.28. The van der Waals surface area contributed by atoms with Crippen molar-refractivity contribution in [2.45, 2.75) is 60.3 Å². The molecule has 0 aromatic heterocycles. The number of hydrogen-bond acceptors (Lipinski definition) is 0. The first kappa shape index (κ1) is 10.1. The molecule has 0 bridgehead atoms. The first-order valence-corrected chi connectivity index (χ1v) is 5.48. The Morgan fingerprint density at radius 2 is 1.75 bits per heavy atom. The molecule has 0 nitrogen and oxygen atoms in total. The standard InChI is InChI=1S/C12H24/c1-6-10-8-9-12(5,7-2)11(10,3)4/h10H,6-9H2,1-5H3.